The van der Waals surface area contributed by atoms with Gasteiger partial charge in [-0.2, -0.15) is 5.10 Å². The molecular formula is C10H12N4O. The van der Waals surface area contributed by atoms with Crippen LogP contribution in [0.4, 0.5) is 0 Å². The first-order chi connectivity index (χ1) is 7.02. The zero-order valence-corrected chi connectivity index (χ0v) is 8.57. The number of nitrogens with one attached hydrogen (secondary N) is 1. The second kappa shape index (κ2) is 2.98. The molecule has 0 amide bonds. The minimum Gasteiger partial charge on any atom is -0.506 e. The molecule has 0 aliphatic rings. The van der Waals surface area contributed by atoms with Gasteiger partial charge in [0, 0.05) is 7.05 Å². The highest BCUT2D eigenvalue weighted by Gasteiger charge is 2.14. The number of benzene rings is 1. The molecule has 0 fully saturated rings. The molecule has 78 valence electrons. The van der Waals surface area contributed by atoms with Gasteiger partial charge in [-0.3, -0.25) is 10.1 Å². The number of hydrogen-bond acceptors (Lipinski definition) is 3. The normalized spacial score (nSPS) is 10.8. The molecule has 0 radical (unpaired) electrons. The van der Waals surface area contributed by atoms with Crippen molar-refractivity contribution in [1.29, 1.82) is 5.41 Å². The van der Waals surface area contributed by atoms with Crippen LogP contribution in [0.5, 0.6) is 5.75 Å². The number of phenols is 1. The Morgan fingerprint density at radius 1 is 1.53 bits per heavy atom. The van der Waals surface area contributed by atoms with E-state index < -0.39 is 0 Å². The molecular weight excluding hydrogens is 192 g/mol. The van der Waals surface area contributed by atoms with Crippen molar-refractivity contribution in [3.63, 3.8) is 0 Å². The van der Waals surface area contributed by atoms with E-state index in [1.54, 1.807) is 16.8 Å². The molecule has 2 aromatic rings. The summed E-state index contributed by atoms with van der Waals surface area (Å²) in [6, 6.07) is 3.42. The van der Waals surface area contributed by atoms with Gasteiger partial charge in [-0.1, -0.05) is 0 Å². The lowest BCUT2D eigenvalue weighted by molar-refractivity contribution is 0.480. The topological polar surface area (TPSA) is 87.9 Å². The van der Waals surface area contributed by atoms with E-state index in [4.69, 9.17) is 11.1 Å². The van der Waals surface area contributed by atoms with Crippen LogP contribution in [0.1, 0.15) is 11.3 Å². The number of aromatic hydroxyl groups is 1. The van der Waals surface area contributed by atoms with Crippen LogP contribution in [-0.4, -0.2) is 20.7 Å². The molecule has 1 aromatic heterocycles. The zero-order chi connectivity index (χ0) is 11.2. The van der Waals surface area contributed by atoms with Gasteiger partial charge in [0.15, 0.2) is 0 Å². The summed E-state index contributed by atoms with van der Waals surface area (Å²) in [5, 5.41) is 22.1. The molecule has 5 nitrogen and oxygen atoms in total. The van der Waals surface area contributed by atoms with E-state index in [9.17, 15) is 5.11 Å². The van der Waals surface area contributed by atoms with Crippen molar-refractivity contribution in [2.24, 2.45) is 12.8 Å². The quantitative estimate of drug-likeness (QED) is 0.475. The van der Waals surface area contributed by atoms with Crippen LogP contribution in [0.15, 0.2) is 12.1 Å². The number of amidine groups is 1. The fourth-order valence-electron chi connectivity index (χ4n) is 1.75. The number of nitrogen functional groups attached to an aromatic ring is 1. The number of phenolic OH excluding ortho intramolecular Hbond substituents is 1. The number of hydrogen-bond donors (Lipinski definition) is 3. The number of nitrogens with zero attached hydrogens (tertiary/aromatic N) is 2. The monoisotopic (exact) mass is 204 g/mol. The molecule has 0 aliphatic heterocycles. The summed E-state index contributed by atoms with van der Waals surface area (Å²) in [7, 11) is 1.81. The van der Waals surface area contributed by atoms with Gasteiger partial charge < -0.3 is 10.8 Å². The van der Waals surface area contributed by atoms with Crippen LogP contribution in [-0.2, 0) is 7.05 Å². The van der Waals surface area contributed by atoms with Crippen molar-refractivity contribution in [1.82, 2.24) is 9.78 Å². The van der Waals surface area contributed by atoms with Gasteiger partial charge in [-0.05, 0) is 19.1 Å². The maximum absolute atomic E-state index is 9.94. The molecule has 1 heterocycles. The van der Waals surface area contributed by atoms with E-state index in [1.807, 2.05) is 14.0 Å². The van der Waals surface area contributed by atoms with Crippen molar-refractivity contribution in [2.75, 3.05) is 0 Å². The SMILES string of the molecule is Cc1nn(C)c2ccc(C(=N)N)c(O)c12. The molecule has 0 spiro atoms. The van der Waals surface area contributed by atoms with Crippen LogP contribution in [0.3, 0.4) is 0 Å². The van der Waals surface area contributed by atoms with Crippen LogP contribution in [0, 0.1) is 12.3 Å². The van der Waals surface area contributed by atoms with E-state index in [1.165, 1.54) is 0 Å². The third-order valence-corrected chi connectivity index (χ3v) is 2.46. The van der Waals surface area contributed by atoms with Crippen molar-refractivity contribution in [2.45, 2.75) is 6.92 Å². The minimum absolute atomic E-state index is 0.0330. The first-order valence-corrected chi connectivity index (χ1v) is 4.52. The highest BCUT2D eigenvalue weighted by atomic mass is 16.3. The third-order valence-electron chi connectivity index (χ3n) is 2.46. The Hall–Kier alpha value is -2.04. The minimum atomic E-state index is -0.141. The third kappa shape index (κ3) is 1.24. The second-order valence-corrected chi connectivity index (χ2v) is 3.48. The smallest absolute Gasteiger partial charge is 0.137 e. The number of fused-ring (bicyclic) bond motifs is 1. The van der Waals surface area contributed by atoms with Crippen molar-refractivity contribution >= 4 is 16.7 Å². The van der Waals surface area contributed by atoms with Crippen LogP contribution >= 0.6 is 0 Å². The molecule has 0 unspecified atom stereocenters. The van der Waals surface area contributed by atoms with Gasteiger partial charge in [0.2, 0.25) is 0 Å². The summed E-state index contributed by atoms with van der Waals surface area (Å²) in [5.41, 5.74) is 7.26. The Morgan fingerprint density at radius 3 is 2.80 bits per heavy atom. The number of nitrogens with two attached hydrogens (primary N) is 1. The predicted molar refractivity (Wildman–Crippen MR) is 58.1 cm³/mol. The summed E-state index contributed by atoms with van der Waals surface area (Å²) < 4.78 is 1.69. The Bertz CT molecular complexity index is 556. The molecule has 15 heavy (non-hydrogen) atoms. The number of rotatable bonds is 1. The largest absolute Gasteiger partial charge is 0.506 e. The Morgan fingerprint density at radius 2 is 2.20 bits per heavy atom. The highest BCUT2D eigenvalue weighted by molar-refractivity contribution is 6.04. The molecule has 0 atom stereocenters. The molecule has 2 rings (SSSR count). The first kappa shape index (κ1) is 9.51. The molecule has 0 bridgehead atoms. The van der Waals surface area contributed by atoms with E-state index in [2.05, 4.69) is 5.10 Å². The van der Waals surface area contributed by atoms with E-state index >= 15 is 0 Å². The van der Waals surface area contributed by atoms with Gasteiger partial charge in [0.05, 0.1) is 22.2 Å². The number of aromatic nitrogens is 2. The van der Waals surface area contributed by atoms with Crippen LogP contribution < -0.4 is 5.73 Å². The lowest BCUT2D eigenvalue weighted by Crippen LogP contribution is -2.11. The Kier molecular flexibility index (Phi) is 1.89. The van der Waals surface area contributed by atoms with Gasteiger partial charge >= 0.3 is 0 Å². The summed E-state index contributed by atoms with van der Waals surface area (Å²) in [5.74, 6) is -0.108. The van der Waals surface area contributed by atoms with E-state index in [0.717, 1.165) is 11.2 Å². The highest BCUT2D eigenvalue weighted by Crippen LogP contribution is 2.30. The van der Waals surface area contributed by atoms with Gasteiger partial charge in [0.1, 0.15) is 11.6 Å². The lowest BCUT2D eigenvalue weighted by atomic mass is 10.1. The van der Waals surface area contributed by atoms with Gasteiger partial charge in [-0.25, -0.2) is 0 Å². The summed E-state index contributed by atoms with van der Waals surface area (Å²) >= 11 is 0. The Labute approximate surface area is 86.6 Å². The average molecular weight is 204 g/mol. The zero-order valence-electron chi connectivity index (χ0n) is 8.57. The van der Waals surface area contributed by atoms with Gasteiger partial charge in [-0.15, -0.1) is 0 Å². The standard InChI is InChI=1S/C10H12N4O/c1-5-8-7(14(2)13-5)4-3-6(9(8)15)10(11)12/h3-4,15H,1-2H3,(H3,11,12). The second-order valence-electron chi connectivity index (χ2n) is 3.48. The lowest BCUT2D eigenvalue weighted by Gasteiger charge is -2.03. The van der Waals surface area contributed by atoms with Crippen LogP contribution in [0.25, 0.3) is 10.9 Å². The summed E-state index contributed by atoms with van der Waals surface area (Å²) in [6.45, 7) is 1.81. The van der Waals surface area contributed by atoms with Gasteiger partial charge in [0.25, 0.3) is 0 Å². The van der Waals surface area contributed by atoms with Crippen molar-refractivity contribution in [3.05, 3.63) is 23.4 Å². The molecule has 5 heteroatoms. The maximum atomic E-state index is 9.94. The number of aryl methyl sites for hydroxylation is 2. The molecule has 1 aromatic carbocycles. The molecule has 0 aliphatic carbocycles. The summed E-state index contributed by atoms with van der Waals surface area (Å²) in [6.07, 6.45) is 0. The van der Waals surface area contributed by atoms with E-state index in [-0.39, 0.29) is 11.6 Å². The molecule has 0 saturated heterocycles. The summed E-state index contributed by atoms with van der Waals surface area (Å²) in [4.78, 5) is 0. The fraction of sp³-hybridized carbons (Fsp3) is 0.200. The van der Waals surface area contributed by atoms with Crippen LogP contribution in [0.2, 0.25) is 0 Å². The molecule has 0 saturated carbocycles. The van der Waals surface area contributed by atoms with Crippen molar-refractivity contribution < 1.29 is 5.11 Å². The maximum Gasteiger partial charge on any atom is 0.137 e. The predicted octanol–water partition coefficient (Wildman–Crippen LogP) is 0.871. The average Bonchev–Trinajstić information content (AvgIpc) is 2.43. The Balaban J connectivity index is 2.89. The van der Waals surface area contributed by atoms with Crippen molar-refractivity contribution in [3.8, 4) is 5.75 Å². The fourth-order valence-corrected chi connectivity index (χ4v) is 1.75. The molecule has 4 N–H and O–H groups in total. The van der Waals surface area contributed by atoms with E-state index in [0.29, 0.717) is 10.9 Å². The first-order valence-electron chi connectivity index (χ1n) is 4.52.